The van der Waals surface area contributed by atoms with Crippen LogP contribution in [0.25, 0.3) is 0 Å². The fourth-order valence-corrected chi connectivity index (χ4v) is 2.97. The van der Waals surface area contributed by atoms with E-state index in [0.717, 1.165) is 35.7 Å². The molecule has 1 aromatic heterocycles. The van der Waals surface area contributed by atoms with Crippen molar-refractivity contribution in [1.82, 2.24) is 10.3 Å². The van der Waals surface area contributed by atoms with E-state index in [1.807, 2.05) is 12.3 Å². The number of rotatable bonds is 7. The number of methoxy groups -OCH3 is 1. The van der Waals surface area contributed by atoms with Gasteiger partial charge in [0.25, 0.3) is 0 Å². The molecular weight excluding hydrogens is 294 g/mol. The number of nitrogens with zero attached hydrogens (tertiary/aromatic N) is 1. The van der Waals surface area contributed by atoms with Crippen LogP contribution in [0.3, 0.4) is 0 Å². The normalized spacial score (nSPS) is 10.8. The topological polar surface area (TPSA) is 60.2 Å². The van der Waals surface area contributed by atoms with Gasteiger partial charge in [-0.3, -0.25) is 0 Å². The summed E-state index contributed by atoms with van der Waals surface area (Å²) in [5.74, 6) is 0.886. The summed E-state index contributed by atoms with van der Waals surface area (Å²) in [5, 5.41) is 3.29. The van der Waals surface area contributed by atoms with Crippen LogP contribution in [0.15, 0.2) is 24.4 Å². The summed E-state index contributed by atoms with van der Waals surface area (Å²) >= 11 is 7.37. The van der Waals surface area contributed by atoms with Gasteiger partial charge in [0.05, 0.1) is 7.11 Å². The predicted octanol–water partition coefficient (Wildman–Crippen LogP) is 2.44. The SMILES string of the molecule is COc1ccc(CNCCN)cc1Cc1cnc(Cl)s1. The van der Waals surface area contributed by atoms with Crippen molar-refractivity contribution in [2.24, 2.45) is 5.73 Å². The van der Waals surface area contributed by atoms with Crippen LogP contribution in [-0.2, 0) is 13.0 Å². The van der Waals surface area contributed by atoms with Gasteiger partial charge in [0, 0.05) is 37.1 Å². The molecule has 0 aliphatic carbocycles. The Morgan fingerprint density at radius 3 is 2.95 bits per heavy atom. The monoisotopic (exact) mass is 311 g/mol. The lowest BCUT2D eigenvalue weighted by atomic mass is 10.1. The number of halogens is 1. The quantitative estimate of drug-likeness (QED) is 0.771. The Morgan fingerprint density at radius 1 is 1.45 bits per heavy atom. The molecule has 0 fully saturated rings. The largest absolute Gasteiger partial charge is 0.496 e. The summed E-state index contributed by atoms with van der Waals surface area (Å²) in [6, 6.07) is 6.21. The second-order valence-electron chi connectivity index (χ2n) is 4.37. The van der Waals surface area contributed by atoms with Crippen molar-refractivity contribution in [3.05, 3.63) is 44.9 Å². The zero-order valence-electron chi connectivity index (χ0n) is 11.4. The number of nitrogens with two attached hydrogens (primary N) is 1. The molecule has 1 aromatic carbocycles. The molecule has 0 unspecified atom stereocenters. The average Bonchev–Trinajstić information content (AvgIpc) is 2.85. The van der Waals surface area contributed by atoms with Gasteiger partial charge in [-0.05, 0) is 17.2 Å². The van der Waals surface area contributed by atoms with Crippen molar-refractivity contribution in [1.29, 1.82) is 0 Å². The standard InChI is InChI=1S/C14H18ClN3OS/c1-19-13-3-2-10(8-17-5-4-16)6-11(13)7-12-9-18-14(15)20-12/h2-3,6,9,17H,4-5,7-8,16H2,1H3. The lowest BCUT2D eigenvalue weighted by molar-refractivity contribution is 0.410. The first kappa shape index (κ1) is 15.3. The summed E-state index contributed by atoms with van der Waals surface area (Å²) in [5.41, 5.74) is 7.82. The Hall–Kier alpha value is -1.14. The number of hydrogen-bond acceptors (Lipinski definition) is 5. The van der Waals surface area contributed by atoms with Crippen LogP contribution in [0.2, 0.25) is 4.47 Å². The molecule has 0 saturated carbocycles. The maximum absolute atomic E-state index is 5.87. The number of nitrogens with one attached hydrogen (secondary N) is 1. The third kappa shape index (κ3) is 4.18. The molecule has 0 amide bonds. The number of ether oxygens (including phenoxy) is 1. The van der Waals surface area contributed by atoms with Crippen LogP contribution in [0.4, 0.5) is 0 Å². The van der Waals surface area contributed by atoms with Gasteiger partial charge in [-0.25, -0.2) is 4.98 Å². The van der Waals surface area contributed by atoms with E-state index in [9.17, 15) is 0 Å². The van der Waals surface area contributed by atoms with E-state index in [1.165, 1.54) is 16.9 Å². The molecule has 0 spiro atoms. The van der Waals surface area contributed by atoms with Gasteiger partial charge in [-0.2, -0.15) is 0 Å². The Kier molecular flexibility index (Phi) is 5.79. The van der Waals surface area contributed by atoms with Crippen molar-refractivity contribution in [2.45, 2.75) is 13.0 Å². The third-order valence-corrected chi connectivity index (χ3v) is 4.00. The van der Waals surface area contributed by atoms with E-state index in [0.29, 0.717) is 11.0 Å². The summed E-state index contributed by atoms with van der Waals surface area (Å²) in [6.45, 7) is 2.26. The van der Waals surface area contributed by atoms with Crippen LogP contribution >= 0.6 is 22.9 Å². The summed E-state index contributed by atoms with van der Waals surface area (Å²) in [6.07, 6.45) is 2.59. The minimum atomic E-state index is 0.569. The summed E-state index contributed by atoms with van der Waals surface area (Å²) < 4.78 is 5.99. The van der Waals surface area contributed by atoms with E-state index < -0.39 is 0 Å². The smallest absolute Gasteiger partial charge is 0.183 e. The van der Waals surface area contributed by atoms with Gasteiger partial charge in [0.15, 0.2) is 4.47 Å². The van der Waals surface area contributed by atoms with Crippen LogP contribution in [0.1, 0.15) is 16.0 Å². The van der Waals surface area contributed by atoms with Crippen molar-refractivity contribution in [2.75, 3.05) is 20.2 Å². The van der Waals surface area contributed by atoms with E-state index in [1.54, 1.807) is 7.11 Å². The Morgan fingerprint density at radius 2 is 2.30 bits per heavy atom. The molecule has 20 heavy (non-hydrogen) atoms. The Bertz CT molecular complexity index is 559. The first-order valence-electron chi connectivity index (χ1n) is 6.39. The molecule has 0 radical (unpaired) electrons. The van der Waals surface area contributed by atoms with Crippen LogP contribution in [0.5, 0.6) is 5.75 Å². The molecular formula is C14H18ClN3OS. The molecule has 0 aliphatic rings. The van der Waals surface area contributed by atoms with Crippen molar-refractivity contribution >= 4 is 22.9 Å². The van der Waals surface area contributed by atoms with E-state index in [4.69, 9.17) is 22.1 Å². The molecule has 2 aromatic rings. The second kappa shape index (κ2) is 7.59. The van der Waals surface area contributed by atoms with Crippen molar-refractivity contribution in [3.63, 3.8) is 0 Å². The highest BCUT2D eigenvalue weighted by Gasteiger charge is 2.08. The molecule has 108 valence electrons. The molecule has 6 heteroatoms. The van der Waals surface area contributed by atoms with E-state index in [-0.39, 0.29) is 0 Å². The lowest BCUT2D eigenvalue weighted by Crippen LogP contribution is -2.21. The lowest BCUT2D eigenvalue weighted by Gasteiger charge is -2.10. The highest BCUT2D eigenvalue weighted by Crippen LogP contribution is 2.26. The van der Waals surface area contributed by atoms with Gasteiger partial charge in [0.1, 0.15) is 5.75 Å². The fourth-order valence-electron chi connectivity index (χ4n) is 1.97. The zero-order valence-corrected chi connectivity index (χ0v) is 12.9. The van der Waals surface area contributed by atoms with Crippen LogP contribution in [0, 0.1) is 0 Å². The van der Waals surface area contributed by atoms with E-state index >= 15 is 0 Å². The second-order valence-corrected chi connectivity index (χ2v) is 6.07. The highest BCUT2D eigenvalue weighted by atomic mass is 35.5. The van der Waals surface area contributed by atoms with Gasteiger partial charge < -0.3 is 15.8 Å². The summed E-state index contributed by atoms with van der Waals surface area (Å²) in [7, 11) is 1.69. The molecule has 4 nitrogen and oxygen atoms in total. The zero-order chi connectivity index (χ0) is 14.4. The van der Waals surface area contributed by atoms with Crippen LogP contribution < -0.4 is 15.8 Å². The molecule has 3 N–H and O–H groups in total. The Labute approximate surface area is 127 Å². The molecule has 2 rings (SSSR count). The highest BCUT2D eigenvalue weighted by molar-refractivity contribution is 7.15. The number of aromatic nitrogens is 1. The molecule has 1 heterocycles. The predicted molar refractivity (Wildman–Crippen MR) is 83.7 cm³/mol. The van der Waals surface area contributed by atoms with Crippen molar-refractivity contribution in [3.8, 4) is 5.75 Å². The number of hydrogen-bond donors (Lipinski definition) is 2. The van der Waals surface area contributed by atoms with Crippen molar-refractivity contribution < 1.29 is 4.74 Å². The minimum absolute atomic E-state index is 0.569. The van der Waals surface area contributed by atoms with Gasteiger partial charge in [0.2, 0.25) is 0 Å². The first-order valence-corrected chi connectivity index (χ1v) is 7.59. The van der Waals surface area contributed by atoms with Crippen LogP contribution in [-0.4, -0.2) is 25.2 Å². The maximum atomic E-state index is 5.87. The van der Waals surface area contributed by atoms with Gasteiger partial charge in [-0.15, -0.1) is 11.3 Å². The molecule has 0 atom stereocenters. The number of benzene rings is 1. The fraction of sp³-hybridized carbons (Fsp3) is 0.357. The maximum Gasteiger partial charge on any atom is 0.183 e. The minimum Gasteiger partial charge on any atom is -0.496 e. The van der Waals surface area contributed by atoms with E-state index in [2.05, 4.69) is 22.4 Å². The number of thiazole rings is 1. The summed E-state index contributed by atoms with van der Waals surface area (Å²) in [4.78, 5) is 5.19. The molecule has 0 aliphatic heterocycles. The molecule has 0 bridgehead atoms. The first-order chi connectivity index (χ1) is 9.72. The van der Waals surface area contributed by atoms with Gasteiger partial charge in [-0.1, -0.05) is 23.7 Å². The van der Waals surface area contributed by atoms with Gasteiger partial charge >= 0.3 is 0 Å². The average molecular weight is 312 g/mol. The Balaban J connectivity index is 2.13. The third-order valence-electron chi connectivity index (χ3n) is 2.89. The molecule has 0 saturated heterocycles.